The molecule has 3 amide bonds. The van der Waals surface area contributed by atoms with E-state index in [9.17, 15) is 14.4 Å². The first-order valence-corrected chi connectivity index (χ1v) is 18.2. The monoisotopic (exact) mass is 714 g/mol. The molecule has 1 aromatic heterocycles. The molecule has 0 atom stereocenters. The highest BCUT2D eigenvalue weighted by molar-refractivity contribution is 5.95. The Morgan fingerprint density at radius 1 is 0.827 bits per heavy atom. The molecule has 2 aliphatic rings. The number of likely N-dealkylation sites (tertiary alicyclic amines) is 1. The van der Waals surface area contributed by atoms with Crippen LogP contribution in [0.3, 0.4) is 0 Å². The van der Waals surface area contributed by atoms with Crippen LogP contribution in [-0.4, -0.2) is 102 Å². The Morgan fingerprint density at radius 2 is 1.42 bits per heavy atom. The number of nitrogens with zero attached hydrogens (tertiary/aromatic N) is 4. The fourth-order valence-corrected chi connectivity index (χ4v) is 5.89. The van der Waals surface area contributed by atoms with Gasteiger partial charge in [0.05, 0.1) is 0 Å². The summed E-state index contributed by atoms with van der Waals surface area (Å²) in [4.78, 5) is 48.2. The smallest absolute Gasteiger partial charge is 0.407 e. The van der Waals surface area contributed by atoms with Crippen LogP contribution in [0, 0.1) is 0 Å². The van der Waals surface area contributed by atoms with Gasteiger partial charge in [0, 0.05) is 76.6 Å². The molecular weight excluding hydrogens is 660 g/mol. The molecule has 0 aliphatic carbocycles. The highest BCUT2D eigenvalue weighted by atomic mass is 16.6. The van der Waals surface area contributed by atoms with Crippen LogP contribution < -0.4 is 20.5 Å². The molecule has 0 bridgehead atoms. The van der Waals surface area contributed by atoms with Gasteiger partial charge >= 0.3 is 6.09 Å². The second-order valence-electron chi connectivity index (χ2n) is 13.5. The van der Waals surface area contributed by atoms with Gasteiger partial charge in [0.1, 0.15) is 28.4 Å². The molecule has 280 valence electrons. The Bertz CT molecular complexity index is 1610. The number of para-hydroxylation sites is 1. The zero-order chi connectivity index (χ0) is 37.5. The van der Waals surface area contributed by atoms with Crippen molar-refractivity contribution in [3.63, 3.8) is 0 Å². The second kappa shape index (κ2) is 19.6. The van der Waals surface area contributed by atoms with E-state index < -0.39 is 17.6 Å². The van der Waals surface area contributed by atoms with Crippen molar-refractivity contribution in [1.82, 2.24) is 25.0 Å². The zero-order valence-corrected chi connectivity index (χ0v) is 31.2. The zero-order valence-electron chi connectivity index (χ0n) is 31.2. The topological polar surface area (TPSA) is 140 Å². The average molecular weight is 715 g/mol. The normalized spacial score (nSPS) is 15.8. The number of rotatable bonds is 12. The van der Waals surface area contributed by atoms with Crippen molar-refractivity contribution in [3.05, 3.63) is 90.1 Å². The Labute approximate surface area is 307 Å². The fourth-order valence-electron chi connectivity index (χ4n) is 5.89. The highest BCUT2D eigenvalue weighted by Gasteiger charge is 2.26. The number of hydrogen-bond acceptors (Lipinski definition) is 9. The number of piperidine rings is 1. The van der Waals surface area contributed by atoms with E-state index >= 15 is 0 Å². The minimum Gasteiger partial charge on any atom is -0.457 e. The molecule has 0 spiro atoms. The van der Waals surface area contributed by atoms with Crippen molar-refractivity contribution in [3.8, 4) is 23.1 Å². The van der Waals surface area contributed by atoms with Gasteiger partial charge in [0.25, 0.3) is 5.91 Å². The lowest BCUT2D eigenvalue weighted by Crippen LogP contribution is -2.48. The number of carbonyl (C=O) groups excluding carboxylic acids is 3. The van der Waals surface area contributed by atoms with Crippen molar-refractivity contribution < 1.29 is 28.6 Å². The van der Waals surface area contributed by atoms with Gasteiger partial charge in [-0.05, 0) is 82.1 Å². The van der Waals surface area contributed by atoms with Gasteiger partial charge in [-0.3, -0.25) is 19.4 Å². The van der Waals surface area contributed by atoms with E-state index in [1.165, 1.54) is 0 Å². The first-order chi connectivity index (χ1) is 25.0. The van der Waals surface area contributed by atoms with Crippen LogP contribution in [0.15, 0.2) is 78.9 Å². The number of amides is 3. The van der Waals surface area contributed by atoms with Crippen LogP contribution in [-0.2, 0) is 9.53 Å². The van der Waals surface area contributed by atoms with Gasteiger partial charge in [0.2, 0.25) is 11.8 Å². The van der Waals surface area contributed by atoms with Crippen LogP contribution in [0.25, 0.3) is 0 Å². The minimum atomic E-state index is -0.621. The molecule has 52 heavy (non-hydrogen) atoms. The minimum absolute atomic E-state index is 0.0102. The number of nitrogens with two attached hydrogens (primary N) is 1. The molecular formula is C40H54N6O6. The number of carbonyl (C=O) groups is 3. The molecule has 3 aromatic rings. The molecule has 3 N–H and O–H groups in total. The maximum absolute atomic E-state index is 13.0. The Kier molecular flexibility index (Phi) is 15.0. The third kappa shape index (κ3) is 12.7. The molecule has 0 unspecified atom stereocenters. The van der Waals surface area contributed by atoms with E-state index in [1.807, 2.05) is 82.0 Å². The van der Waals surface area contributed by atoms with Crippen molar-refractivity contribution in [2.24, 2.45) is 5.73 Å². The standard InChI is InChI=1S/C38H48N6O6.C2H6/c1-38(2,3)50-37(47)40-19-23-43-26-24-42(25-27-43)20-7-10-34(45)44-21-17-28(18-22-44)33-16-15-32(35(39)46)36(41-33)49-31-13-11-30(12-14-31)48-29-8-5-4-6-9-29;1-2/h4-16,28H,17-27H2,1-3H3,(H2,39,46)(H,40,47);1-2H3/b10-7+;. The largest absolute Gasteiger partial charge is 0.457 e. The second-order valence-corrected chi connectivity index (χ2v) is 13.5. The summed E-state index contributed by atoms with van der Waals surface area (Å²) in [5.41, 5.74) is 6.14. The molecule has 2 saturated heterocycles. The molecule has 2 aromatic carbocycles. The summed E-state index contributed by atoms with van der Waals surface area (Å²) in [6.07, 6.45) is 4.73. The van der Waals surface area contributed by atoms with E-state index in [1.54, 1.807) is 36.4 Å². The van der Waals surface area contributed by atoms with E-state index in [4.69, 9.17) is 24.9 Å². The molecule has 5 rings (SSSR count). The third-order valence-corrected chi connectivity index (χ3v) is 8.57. The number of pyridine rings is 1. The summed E-state index contributed by atoms with van der Waals surface area (Å²) in [5.74, 6) is 1.54. The summed E-state index contributed by atoms with van der Waals surface area (Å²) in [6.45, 7) is 16.4. The number of piperazine rings is 1. The predicted molar refractivity (Wildman–Crippen MR) is 202 cm³/mol. The first kappa shape index (κ1) is 39.8. The molecule has 12 heteroatoms. The summed E-state index contributed by atoms with van der Waals surface area (Å²) in [6, 6.07) is 20.0. The number of benzene rings is 2. The quantitative estimate of drug-likeness (QED) is 0.210. The predicted octanol–water partition coefficient (Wildman–Crippen LogP) is 6.20. The van der Waals surface area contributed by atoms with Crippen LogP contribution in [0.2, 0.25) is 0 Å². The molecule has 3 heterocycles. The highest BCUT2D eigenvalue weighted by Crippen LogP contribution is 2.32. The van der Waals surface area contributed by atoms with Crippen LogP contribution in [0.1, 0.15) is 69.4 Å². The summed E-state index contributed by atoms with van der Waals surface area (Å²) in [7, 11) is 0. The maximum atomic E-state index is 13.0. The van der Waals surface area contributed by atoms with Gasteiger partial charge in [-0.2, -0.15) is 0 Å². The Balaban J connectivity index is 0.00000297. The first-order valence-electron chi connectivity index (χ1n) is 18.2. The van der Waals surface area contributed by atoms with Gasteiger partial charge < -0.3 is 30.2 Å². The average Bonchev–Trinajstić information content (AvgIpc) is 3.13. The Morgan fingerprint density at radius 3 is 2.04 bits per heavy atom. The van der Waals surface area contributed by atoms with Crippen molar-refractivity contribution in [2.75, 3.05) is 58.9 Å². The van der Waals surface area contributed by atoms with Gasteiger partial charge in [0.15, 0.2) is 0 Å². The lowest BCUT2D eigenvalue weighted by molar-refractivity contribution is -0.127. The molecule has 0 saturated carbocycles. The molecule has 2 fully saturated rings. The van der Waals surface area contributed by atoms with Crippen molar-refractivity contribution in [1.29, 1.82) is 0 Å². The SMILES string of the molecule is CC.CC(C)(C)OC(=O)NCCN1CCN(C/C=C/C(=O)N2CCC(c3ccc(C(N)=O)c(Oc4ccc(Oc5ccccc5)cc4)n3)CC2)CC1. The van der Waals surface area contributed by atoms with E-state index in [-0.39, 0.29) is 23.3 Å². The van der Waals surface area contributed by atoms with E-state index in [0.717, 1.165) is 57.0 Å². The number of hydrogen-bond donors (Lipinski definition) is 2. The number of alkyl carbamates (subject to hydrolysis) is 1. The van der Waals surface area contributed by atoms with E-state index in [0.29, 0.717) is 37.7 Å². The van der Waals surface area contributed by atoms with E-state index in [2.05, 4.69) is 15.1 Å². The summed E-state index contributed by atoms with van der Waals surface area (Å²) >= 11 is 0. The molecule has 0 radical (unpaired) electrons. The lowest BCUT2D eigenvalue weighted by Gasteiger charge is -2.34. The van der Waals surface area contributed by atoms with Crippen LogP contribution >= 0.6 is 0 Å². The third-order valence-electron chi connectivity index (χ3n) is 8.57. The number of primary amides is 1. The number of ether oxygens (including phenoxy) is 3. The van der Waals surface area contributed by atoms with Crippen LogP contribution in [0.5, 0.6) is 23.1 Å². The van der Waals surface area contributed by atoms with Gasteiger partial charge in [-0.15, -0.1) is 0 Å². The van der Waals surface area contributed by atoms with Gasteiger partial charge in [-0.25, -0.2) is 9.78 Å². The summed E-state index contributed by atoms with van der Waals surface area (Å²) in [5, 5.41) is 2.81. The van der Waals surface area contributed by atoms with Gasteiger partial charge in [-0.1, -0.05) is 38.1 Å². The summed E-state index contributed by atoms with van der Waals surface area (Å²) < 4.78 is 17.2. The Hall–Kier alpha value is -4.94. The maximum Gasteiger partial charge on any atom is 0.407 e. The lowest BCUT2D eigenvalue weighted by atomic mass is 9.92. The van der Waals surface area contributed by atoms with Crippen LogP contribution in [0.4, 0.5) is 4.79 Å². The number of aromatic nitrogens is 1. The number of nitrogens with one attached hydrogen (secondary N) is 1. The molecule has 12 nitrogen and oxygen atoms in total. The fraction of sp³-hybridized carbons (Fsp3) is 0.450. The van der Waals surface area contributed by atoms with Crippen molar-refractivity contribution >= 4 is 17.9 Å². The van der Waals surface area contributed by atoms with Crippen molar-refractivity contribution in [2.45, 2.75) is 59.0 Å². The molecule has 2 aliphatic heterocycles.